The highest BCUT2D eigenvalue weighted by molar-refractivity contribution is 5.74. The summed E-state index contributed by atoms with van der Waals surface area (Å²) in [6.07, 6.45) is 3.74. The largest absolute Gasteiger partial charge is 0.480 e. The summed E-state index contributed by atoms with van der Waals surface area (Å²) in [6, 6.07) is -0.0998. The van der Waals surface area contributed by atoms with Gasteiger partial charge in [-0.1, -0.05) is 5.16 Å². The van der Waals surface area contributed by atoms with Gasteiger partial charge in [0, 0.05) is 12.5 Å². The maximum absolute atomic E-state index is 10.8. The second-order valence-corrected chi connectivity index (χ2v) is 4.39. The summed E-state index contributed by atoms with van der Waals surface area (Å²) in [7, 11) is 0. The van der Waals surface area contributed by atoms with Crippen LogP contribution in [0.5, 0.6) is 0 Å². The Balaban J connectivity index is 1.71. The number of hydrogen-bond acceptors (Lipinski definition) is 5. The lowest BCUT2D eigenvalue weighted by atomic mass is 9.96. The molecule has 0 amide bonds. The summed E-state index contributed by atoms with van der Waals surface area (Å²) in [5.41, 5.74) is 0.0512. The number of nitrogens with zero attached hydrogens (tertiary/aromatic N) is 2. The average molecular weight is 209 g/mol. The van der Waals surface area contributed by atoms with Crippen molar-refractivity contribution in [3.05, 3.63) is 12.2 Å². The van der Waals surface area contributed by atoms with Crippen LogP contribution in [0, 0.1) is 5.41 Å². The fraction of sp³-hybridized carbons (Fsp3) is 0.667. The molecule has 0 bridgehead atoms. The van der Waals surface area contributed by atoms with Gasteiger partial charge in [-0.3, -0.25) is 4.79 Å². The second kappa shape index (κ2) is 2.79. The van der Waals surface area contributed by atoms with Gasteiger partial charge in [-0.15, -0.1) is 0 Å². The third kappa shape index (κ3) is 1.32. The summed E-state index contributed by atoms with van der Waals surface area (Å²) < 4.78 is 4.95. The summed E-state index contributed by atoms with van der Waals surface area (Å²) in [5.74, 6) is -0.169. The minimum atomic E-state index is -0.771. The lowest BCUT2D eigenvalue weighted by molar-refractivity contribution is -0.139. The van der Waals surface area contributed by atoms with Crippen LogP contribution in [0.15, 0.2) is 10.9 Å². The molecule has 0 spiro atoms. The minimum Gasteiger partial charge on any atom is -0.480 e. The van der Waals surface area contributed by atoms with Crippen LogP contribution in [-0.2, 0) is 11.2 Å². The SMILES string of the molecule is O=C(O)C1CC2(Cc3ncno3)CC2N1. The van der Waals surface area contributed by atoms with Gasteiger partial charge >= 0.3 is 5.97 Å². The first-order chi connectivity index (χ1) is 7.20. The zero-order chi connectivity index (χ0) is 10.5. The van der Waals surface area contributed by atoms with Gasteiger partial charge in [-0.05, 0) is 18.3 Å². The third-order valence-electron chi connectivity index (χ3n) is 3.41. The van der Waals surface area contributed by atoms with E-state index in [4.69, 9.17) is 9.63 Å². The predicted molar refractivity (Wildman–Crippen MR) is 48.0 cm³/mol. The van der Waals surface area contributed by atoms with Crippen molar-refractivity contribution in [1.82, 2.24) is 15.5 Å². The monoisotopic (exact) mass is 209 g/mol. The van der Waals surface area contributed by atoms with Crippen molar-refractivity contribution in [3.63, 3.8) is 0 Å². The van der Waals surface area contributed by atoms with Crippen molar-refractivity contribution < 1.29 is 14.4 Å². The number of hydrogen-bond donors (Lipinski definition) is 2. The van der Waals surface area contributed by atoms with Crippen LogP contribution in [0.3, 0.4) is 0 Å². The Bertz CT molecular complexity index is 391. The van der Waals surface area contributed by atoms with E-state index in [1.165, 1.54) is 6.33 Å². The van der Waals surface area contributed by atoms with E-state index in [9.17, 15) is 4.79 Å². The van der Waals surface area contributed by atoms with Crippen LogP contribution < -0.4 is 5.32 Å². The highest BCUT2D eigenvalue weighted by atomic mass is 16.5. The first-order valence-corrected chi connectivity index (χ1v) is 4.94. The molecule has 3 atom stereocenters. The quantitative estimate of drug-likeness (QED) is 0.717. The predicted octanol–water partition coefficient (Wildman–Crippen LogP) is -0.183. The van der Waals surface area contributed by atoms with Crippen molar-refractivity contribution in [1.29, 1.82) is 0 Å². The number of rotatable bonds is 3. The van der Waals surface area contributed by atoms with E-state index in [0.29, 0.717) is 24.8 Å². The molecule has 0 radical (unpaired) electrons. The molecule has 2 fully saturated rings. The highest BCUT2D eigenvalue weighted by Gasteiger charge is 2.62. The molecule has 0 aromatic carbocycles. The minimum absolute atomic E-state index is 0.0512. The van der Waals surface area contributed by atoms with Crippen LogP contribution in [0.1, 0.15) is 18.7 Å². The van der Waals surface area contributed by atoms with E-state index in [1.807, 2.05) is 0 Å². The van der Waals surface area contributed by atoms with Gasteiger partial charge in [-0.2, -0.15) is 4.98 Å². The fourth-order valence-corrected chi connectivity index (χ4v) is 2.52. The molecular weight excluding hydrogens is 198 g/mol. The summed E-state index contributed by atoms with van der Waals surface area (Å²) >= 11 is 0. The maximum Gasteiger partial charge on any atom is 0.320 e. The van der Waals surface area contributed by atoms with Gasteiger partial charge in [0.25, 0.3) is 0 Å². The Hall–Kier alpha value is -1.43. The molecule has 80 valence electrons. The first-order valence-electron chi connectivity index (χ1n) is 4.94. The van der Waals surface area contributed by atoms with E-state index in [1.54, 1.807) is 0 Å². The standard InChI is InChI=1S/C9H11N3O3/c13-8(14)5-1-9(2-6(9)12-5)3-7-10-4-11-15-7/h4-6,12H,1-3H2,(H,13,14). The van der Waals surface area contributed by atoms with Crippen molar-refractivity contribution >= 4 is 5.97 Å². The van der Waals surface area contributed by atoms with E-state index in [2.05, 4.69) is 15.5 Å². The van der Waals surface area contributed by atoms with Gasteiger partial charge in [-0.25, -0.2) is 0 Å². The molecule has 1 aliphatic heterocycles. The molecule has 1 saturated carbocycles. The van der Waals surface area contributed by atoms with E-state index < -0.39 is 12.0 Å². The van der Waals surface area contributed by atoms with E-state index in [-0.39, 0.29) is 5.41 Å². The van der Waals surface area contributed by atoms with Crippen molar-refractivity contribution in [3.8, 4) is 0 Å². The number of fused-ring (bicyclic) bond motifs is 1. The first kappa shape index (κ1) is 8.84. The Morgan fingerprint density at radius 1 is 1.73 bits per heavy atom. The van der Waals surface area contributed by atoms with Gasteiger partial charge in [0.05, 0.1) is 0 Å². The van der Waals surface area contributed by atoms with Gasteiger partial charge < -0.3 is 14.9 Å². The number of carboxylic acids is 1. The molecular formula is C9H11N3O3. The number of carboxylic acid groups (broad SMARTS) is 1. The number of piperidine rings is 1. The second-order valence-electron chi connectivity index (χ2n) is 4.39. The summed E-state index contributed by atoms with van der Waals surface area (Å²) in [4.78, 5) is 14.8. The normalized spacial score (nSPS) is 37.6. The van der Waals surface area contributed by atoms with Gasteiger partial charge in [0.1, 0.15) is 6.04 Å². The maximum atomic E-state index is 10.8. The molecule has 15 heavy (non-hydrogen) atoms. The van der Waals surface area contributed by atoms with Gasteiger partial charge in [0.2, 0.25) is 5.89 Å². The van der Waals surface area contributed by atoms with E-state index in [0.717, 1.165) is 6.42 Å². The highest BCUT2D eigenvalue weighted by Crippen LogP contribution is 2.56. The van der Waals surface area contributed by atoms with Crippen molar-refractivity contribution in [2.45, 2.75) is 31.3 Å². The molecule has 3 unspecified atom stereocenters. The number of nitrogens with one attached hydrogen (secondary N) is 1. The lowest BCUT2D eigenvalue weighted by Gasteiger charge is -2.10. The molecule has 2 heterocycles. The third-order valence-corrected chi connectivity index (χ3v) is 3.41. The lowest BCUT2D eigenvalue weighted by Crippen LogP contribution is -2.33. The molecule has 1 aromatic heterocycles. The topological polar surface area (TPSA) is 88.2 Å². The number of aliphatic carboxylic acids is 1. The van der Waals surface area contributed by atoms with Crippen LogP contribution in [-0.4, -0.2) is 33.3 Å². The Labute approximate surface area is 85.7 Å². The molecule has 1 saturated heterocycles. The molecule has 1 aliphatic carbocycles. The van der Waals surface area contributed by atoms with Crippen LogP contribution in [0.4, 0.5) is 0 Å². The number of carbonyl (C=O) groups is 1. The Morgan fingerprint density at radius 2 is 2.60 bits per heavy atom. The van der Waals surface area contributed by atoms with Crippen LogP contribution in [0.25, 0.3) is 0 Å². The van der Waals surface area contributed by atoms with Crippen LogP contribution in [0.2, 0.25) is 0 Å². The summed E-state index contributed by atoms with van der Waals surface area (Å²) in [5, 5.41) is 15.5. The molecule has 3 rings (SSSR count). The fourth-order valence-electron chi connectivity index (χ4n) is 2.52. The zero-order valence-electron chi connectivity index (χ0n) is 8.01. The smallest absolute Gasteiger partial charge is 0.320 e. The van der Waals surface area contributed by atoms with Crippen molar-refractivity contribution in [2.24, 2.45) is 5.41 Å². The molecule has 6 heteroatoms. The molecule has 6 nitrogen and oxygen atoms in total. The van der Waals surface area contributed by atoms with E-state index >= 15 is 0 Å². The average Bonchev–Trinajstić information content (AvgIpc) is 2.63. The number of aromatic nitrogens is 2. The Kier molecular flexibility index (Phi) is 1.64. The molecule has 2 aliphatic rings. The Morgan fingerprint density at radius 3 is 3.20 bits per heavy atom. The van der Waals surface area contributed by atoms with Gasteiger partial charge in [0.15, 0.2) is 6.33 Å². The van der Waals surface area contributed by atoms with Crippen LogP contribution >= 0.6 is 0 Å². The zero-order valence-corrected chi connectivity index (χ0v) is 8.01. The summed E-state index contributed by atoms with van der Waals surface area (Å²) in [6.45, 7) is 0. The van der Waals surface area contributed by atoms with Crippen molar-refractivity contribution in [2.75, 3.05) is 0 Å². The molecule has 2 N–H and O–H groups in total. The molecule has 1 aromatic rings.